The Morgan fingerprint density at radius 3 is 2.52 bits per heavy atom. The van der Waals surface area contributed by atoms with Gasteiger partial charge in [-0.15, -0.1) is 6.42 Å². The van der Waals surface area contributed by atoms with Crippen LogP contribution in [0.25, 0.3) is 0 Å². The monoisotopic (exact) mass is 398 g/mol. The van der Waals surface area contributed by atoms with E-state index in [-0.39, 0.29) is 18.4 Å². The van der Waals surface area contributed by atoms with Crippen molar-refractivity contribution >= 4 is 11.8 Å². The summed E-state index contributed by atoms with van der Waals surface area (Å²) in [4.78, 5) is 31.1. The van der Waals surface area contributed by atoms with Crippen LogP contribution in [0.15, 0.2) is 24.3 Å². The minimum atomic E-state index is -0.0687. The third kappa shape index (κ3) is 7.19. The second-order valence-electron chi connectivity index (χ2n) is 7.76. The van der Waals surface area contributed by atoms with Crippen molar-refractivity contribution in [3.63, 3.8) is 0 Å². The molecule has 0 unspecified atom stereocenters. The average Bonchev–Trinajstić information content (AvgIpc) is 2.95. The summed E-state index contributed by atoms with van der Waals surface area (Å²) in [6.07, 6.45) is 6.02. The van der Waals surface area contributed by atoms with Gasteiger partial charge in [0.2, 0.25) is 5.91 Å². The fourth-order valence-electron chi connectivity index (χ4n) is 3.57. The van der Waals surface area contributed by atoms with Gasteiger partial charge in [0.05, 0.1) is 13.1 Å². The fraction of sp³-hybridized carbons (Fsp3) is 0.565. The lowest BCUT2D eigenvalue weighted by Gasteiger charge is -2.25. The van der Waals surface area contributed by atoms with Crippen LogP contribution in [-0.4, -0.2) is 78.4 Å². The third-order valence-corrected chi connectivity index (χ3v) is 5.35. The summed E-state index contributed by atoms with van der Waals surface area (Å²) in [6, 6.07) is 8.47. The average molecular weight is 399 g/mol. The van der Waals surface area contributed by atoms with E-state index in [1.807, 2.05) is 17.0 Å². The van der Waals surface area contributed by atoms with E-state index in [0.717, 1.165) is 31.6 Å². The van der Waals surface area contributed by atoms with Gasteiger partial charge in [-0.25, -0.2) is 0 Å². The summed E-state index contributed by atoms with van der Waals surface area (Å²) in [5, 5.41) is 2.69. The van der Waals surface area contributed by atoms with Gasteiger partial charge in [0.15, 0.2) is 0 Å². The summed E-state index contributed by atoms with van der Waals surface area (Å²) < 4.78 is 0. The molecule has 0 radical (unpaired) electrons. The molecular weight excluding hydrogens is 364 g/mol. The molecule has 6 nitrogen and oxygen atoms in total. The Bertz CT molecular complexity index is 709. The van der Waals surface area contributed by atoms with Gasteiger partial charge in [0.25, 0.3) is 5.91 Å². The molecule has 6 heteroatoms. The molecule has 2 amide bonds. The van der Waals surface area contributed by atoms with Crippen LogP contribution in [0.3, 0.4) is 0 Å². The molecule has 0 saturated carbocycles. The normalized spacial score (nSPS) is 15.2. The molecule has 1 aliphatic rings. The van der Waals surface area contributed by atoms with E-state index >= 15 is 0 Å². The fourth-order valence-corrected chi connectivity index (χ4v) is 3.57. The molecule has 0 aromatic heterocycles. The zero-order chi connectivity index (χ0) is 21.2. The van der Waals surface area contributed by atoms with E-state index < -0.39 is 0 Å². The van der Waals surface area contributed by atoms with Crippen LogP contribution < -0.4 is 5.32 Å². The van der Waals surface area contributed by atoms with Gasteiger partial charge in [0, 0.05) is 44.3 Å². The summed E-state index contributed by atoms with van der Waals surface area (Å²) in [6.45, 7) is 11.8. The minimum absolute atomic E-state index is 0.0615. The van der Waals surface area contributed by atoms with Crippen LogP contribution in [0, 0.1) is 12.3 Å². The first-order valence-electron chi connectivity index (χ1n) is 10.5. The van der Waals surface area contributed by atoms with E-state index in [4.69, 9.17) is 6.42 Å². The van der Waals surface area contributed by atoms with Crippen LogP contribution in [-0.2, 0) is 11.3 Å². The Balaban J connectivity index is 1.90. The van der Waals surface area contributed by atoms with Crippen molar-refractivity contribution in [1.82, 2.24) is 20.0 Å². The molecule has 0 bridgehead atoms. The molecule has 1 aliphatic heterocycles. The van der Waals surface area contributed by atoms with Gasteiger partial charge in [-0.2, -0.15) is 0 Å². The quantitative estimate of drug-likeness (QED) is 0.679. The summed E-state index contributed by atoms with van der Waals surface area (Å²) in [5.74, 6) is 2.40. The highest BCUT2D eigenvalue weighted by Gasteiger charge is 2.21. The standard InChI is InChI=1S/C23H34N4O2/c1-5-12-24-22(28)18-25-13-7-14-27(16-15-25)23(29)21-10-8-20(9-11-21)17-26(6-2)19(3)4/h1,8-11,19H,6-7,12-18H2,2-4H3,(H,24,28). The van der Waals surface area contributed by atoms with Crippen LogP contribution in [0.2, 0.25) is 0 Å². The van der Waals surface area contributed by atoms with Crippen LogP contribution in [0.1, 0.15) is 43.1 Å². The van der Waals surface area contributed by atoms with Crippen molar-refractivity contribution in [2.45, 2.75) is 39.8 Å². The molecule has 2 rings (SSSR count). The van der Waals surface area contributed by atoms with Crippen molar-refractivity contribution in [3.05, 3.63) is 35.4 Å². The summed E-state index contributed by atoms with van der Waals surface area (Å²) >= 11 is 0. The lowest BCUT2D eigenvalue weighted by atomic mass is 10.1. The summed E-state index contributed by atoms with van der Waals surface area (Å²) in [7, 11) is 0. The number of hydrogen-bond donors (Lipinski definition) is 1. The second kappa shape index (κ2) is 11.6. The predicted octanol–water partition coefficient (Wildman–Crippen LogP) is 1.81. The molecular formula is C23H34N4O2. The Kier molecular flexibility index (Phi) is 9.17. The van der Waals surface area contributed by atoms with E-state index in [2.05, 4.69) is 53.9 Å². The van der Waals surface area contributed by atoms with E-state index in [0.29, 0.717) is 32.2 Å². The highest BCUT2D eigenvalue weighted by atomic mass is 16.2. The van der Waals surface area contributed by atoms with Gasteiger partial charge in [-0.3, -0.25) is 19.4 Å². The minimum Gasteiger partial charge on any atom is -0.344 e. The maximum Gasteiger partial charge on any atom is 0.253 e. The van der Waals surface area contributed by atoms with Gasteiger partial charge in [0.1, 0.15) is 0 Å². The van der Waals surface area contributed by atoms with E-state index in [1.165, 1.54) is 5.56 Å². The van der Waals surface area contributed by atoms with Crippen molar-refractivity contribution in [1.29, 1.82) is 0 Å². The summed E-state index contributed by atoms with van der Waals surface area (Å²) in [5.41, 5.74) is 1.94. The number of benzene rings is 1. The number of terminal acetylenes is 1. The number of nitrogens with one attached hydrogen (secondary N) is 1. The van der Waals surface area contributed by atoms with Gasteiger partial charge >= 0.3 is 0 Å². The zero-order valence-corrected chi connectivity index (χ0v) is 18.0. The first kappa shape index (κ1) is 22.9. The van der Waals surface area contributed by atoms with Gasteiger partial charge in [-0.05, 0) is 44.5 Å². The Hall–Kier alpha value is -2.36. The van der Waals surface area contributed by atoms with Gasteiger partial charge < -0.3 is 10.2 Å². The molecule has 0 spiro atoms. The molecule has 1 N–H and O–H groups in total. The maximum atomic E-state index is 12.9. The SMILES string of the molecule is C#CCNC(=O)CN1CCCN(C(=O)c2ccc(CN(CC)C(C)C)cc2)CC1. The lowest BCUT2D eigenvalue weighted by Crippen LogP contribution is -2.40. The van der Waals surface area contributed by atoms with E-state index in [1.54, 1.807) is 0 Å². The highest BCUT2D eigenvalue weighted by Crippen LogP contribution is 2.13. The zero-order valence-electron chi connectivity index (χ0n) is 18.0. The van der Waals surface area contributed by atoms with Crippen molar-refractivity contribution in [2.75, 3.05) is 45.8 Å². The van der Waals surface area contributed by atoms with Crippen molar-refractivity contribution in [2.24, 2.45) is 0 Å². The Morgan fingerprint density at radius 1 is 1.17 bits per heavy atom. The van der Waals surface area contributed by atoms with Crippen LogP contribution in [0.4, 0.5) is 0 Å². The molecule has 1 aromatic carbocycles. The van der Waals surface area contributed by atoms with Crippen molar-refractivity contribution < 1.29 is 9.59 Å². The molecule has 0 atom stereocenters. The first-order chi connectivity index (χ1) is 13.9. The number of carbonyl (C=O) groups excluding carboxylic acids is 2. The number of nitrogens with zero attached hydrogens (tertiary/aromatic N) is 3. The van der Waals surface area contributed by atoms with Gasteiger partial charge in [-0.1, -0.05) is 25.0 Å². The number of amides is 2. The first-order valence-corrected chi connectivity index (χ1v) is 10.5. The number of carbonyl (C=O) groups is 2. The second-order valence-corrected chi connectivity index (χ2v) is 7.76. The third-order valence-electron chi connectivity index (χ3n) is 5.35. The van der Waals surface area contributed by atoms with E-state index in [9.17, 15) is 9.59 Å². The topological polar surface area (TPSA) is 55.9 Å². The molecule has 1 saturated heterocycles. The smallest absolute Gasteiger partial charge is 0.253 e. The number of hydrogen-bond acceptors (Lipinski definition) is 4. The maximum absolute atomic E-state index is 12.9. The van der Waals surface area contributed by atoms with Crippen LogP contribution in [0.5, 0.6) is 0 Å². The molecule has 1 aromatic rings. The van der Waals surface area contributed by atoms with Crippen LogP contribution >= 0.6 is 0 Å². The molecule has 158 valence electrons. The number of rotatable bonds is 8. The predicted molar refractivity (Wildman–Crippen MR) is 116 cm³/mol. The molecule has 1 fully saturated rings. The largest absolute Gasteiger partial charge is 0.344 e. The molecule has 1 heterocycles. The Morgan fingerprint density at radius 2 is 1.90 bits per heavy atom. The highest BCUT2D eigenvalue weighted by molar-refractivity contribution is 5.94. The lowest BCUT2D eigenvalue weighted by molar-refractivity contribution is -0.121. The molecule has 29 heavy (non-hydrogen) atoms. The Labute approximate surface area is 175 Å². The molecule has 0 aliphatic carbocycles. The van der Waals surface area contributed by atoms with Crippen molar-refractivity contribution in [3.8, 4) is 12.3 Å².